The van der Waals surface area contributed by atoms with Gasteiger partial charge in [-0.25, -0.2) is 9.59 Å². The number of aryl methyl sites for hydroxylation is 3. The molecule has 27 heavy (non-hydrogen) atoms. The van der Waals surface area contributed by atoms with E-state index in [2.05, 4.69) is 15.7 Å². The quantitative estimate of drug-likeness (QED) is 0.673. The lowest BCUT2D eigenvalue weighted by Gasteiger charge is -2.19. The molecular formula is C19H22N4O4. The summed E-state index contributed by atoms with van der Waals surface area (Å²) >= 11 is 0. The molecule has 0 aliphatic carbocycles. The van der Waals surface area contributed by atoms with Crippen LogP contribution < -0.4 is 16.3 Å². The van der Waals surface area contributed by atoms with Crippen LogP contribution in [0.25, 0.3) is 11.0 Å². The number of benzene rings is 1. The van der Waals surface area contributed by atoms with Crippen LogP contribution in [0.5, 0.6) is 0 Å². The van der Waals surface area contributed by atoms with Crippen molar-refractivity contribution in [1.29, 1.82) is 0 Å². The number of hydrogen-bond acceptors (Lipinski definition) is 5. The van der Waals surface area contributed by atoms with Gasteiger partial charge in [-0.15, -0.1) is 0 Å². The molecule has 2 aromatic heterocycles. The number of anilines is 1. The molecule has 1 unspecified atom stereocenters. The molecule has 1 aromatic carbocycles. The summed E-state index contributed by atoms with van der Waals surface area (Å²) in [5.74, 6) is 0. The molecule has 2 heterocycles. The predicted molar refractivity (Wildman–Crippen MR) is 102 cm³/mol. The van der Waals surface area contributed by atoms with Crippen molar-refractivity contribution < 1.29 is 13.9 Å². The maximum absolute atomic E-state index is 12.6. The Labute approximate surface area is 156 Å². The zero-order valence-corrected chi connectivity index (χ0v) is 15.7. The number of methoxy groups -OCH3 is 1. The van der Waals surface area contributed by atoms with Gasteiger partial charge in [-0.05, 0) is 43.2 Å². The van der Waals surface area contributed by atoms with Crippen molar-refractivity contribution in [2.75, 3.05) is 19.0 Å². The van der Waals surface area contributed by atoms with Crippen molar-refractivity contribution in [2.24, 2.45) is 7.05 Å². The third kappa shape index (κ3) is 4.01. The topological polar surface area (TPSA) is 98.4 Å². The molecule has 0 saturated heterocycles. The van der Waals surface area contributed by atoms with Gasteiger partial charge in [0, 0.05) is 37.5 Å². The van der Waals surface area contributed by atoms with Gasteiger partial charge in [0.25, 0.3) is 0 Å². The number of hydrogen-bond donors (Lipinski definition) is 2. The first kappa shape index (κ1) is 18.7. The molecule has 3 aromatic rings. The van der Waals surface area contributed by atoms with E-state index in [1.54, 1.807) is 30.1 Å². The van der Waals surface area contributed by atoms with Gasteiger partial charge in [-0.1, -0.05) is 0 Å². The van der Waals surface area contributed by atoms with Crippen LogP contribution in [-0.4, -0.2) is 29.5 Å². The molecule has 0 bridgehead atoms. The monoisotopic (exact) mass is 370 g/mol. The van der Waals surface area contributed by atoms with Gasteiger partial charge in [-0.2, -0.15) is 5.10 Å². The first-order valence-electron chi connectivity index (χ1n) is 8.48. The summed E-state index contributed by atoms with van der Waals surface area (Å²) in [5.41, 5.74) is 3.15. The highest BCUT2D eigenvalue weighted by molar-refractivity contribution is 5.94. The highest BCUT2D eigenvalue weighted by atomic mass is 16.5. The molecule has 142 valence electrons. The van der Waals surface area contributed by atoms with Crippen LogP contribution >= 0.6 is 0 Å². The van der Waals surface area contributed by atoms with Crippen molar-refractivity contribution in [1.82, 2.24) is 15.1 Å². The fourth-order valence-electron chi connectivity index (χ4n) is 3.01. The van der Waals surface area contributed by atoms with Gasteiger partial charge in [0.05, 0.1) is 18.3 Å². The zero-order valence-electron chi connectivity index (χ0n) is 15.7. The van der Waals surface area contributed by atoms with Crippen molar-refractivity contribution in [3.8, 4) is 0 Å². The maximum atomic E-state index is 12.6. The van der Waals surface area contributed by atoms with E-state index in [1.807, 2.05) is 27.0 Å². The minimum Gasteiger partial charge on any atom is -0.423 e. The second kappa shape index (κ2) is 7.63. The largest absolute Gasteiger partial charge is 0.423 e. The molecule has 0 saturated carbocycles. The van der Waals surface area contributed by atoms with Gasteiger partial charge in [-0.3, -0.25) is 4.68 Å². The molecule has 8 nitrogen and oxygen atoms in total. The normalized spacial score (nSPS) is 12.1. The van der Waals surface area contributed by atoms with Crippen molar-refractivity contribution in [2.45, 2.75) is 19.9 Å². The Kier molecular flexibility index (Phi) is 5.27. The summed E-state index contributed by atoms with van der Waals surface area (Å²) in [5, 5.41) is 10.7. The number of nitrogens with one attached hydrogen (secondary N) is 2. The number of ether oxygens (including phenoxy) is 1. The Balaban J connectivity index is 1.83. The first-order valence-corrected chi connectivity index (χ1v) is 8.48. The third-order valence-electron chi connectivity index (χ3n) is 4.40. The Morgan fingerprint density at radius 3 is 2.74 bits per heavy atom. The van der Waals surface area contributed by atoms with Crippen molar-refractivity contribution in [3.05, 3.63) is 57.7 Å². The van der Waals surface area contributed by atoms with Crippen LogP contribution in [0.4, 0.5) is 10.5 Å². The van der Waals surface area contributed by atoms with Gasteiger partial charge in [0.1, 0.15) is 5.58 Å². The molecular weight excluding hydrogens is 348 g/mol. The number of nitrogens with zero attached hydrogens (tertiary/aromatic N) is 2. The van der Waals surface area contributed by atoms with Crippen LogP contribution in [0.2, 0.25) is 0 Å². The summed E-state index contributed by atoms with van der Waals surface area (Å²) in [6, 6.07) is 6.10. The lowest BCUT2D eigenvalue weighted by Crippen LogP contribution is -2.36. The van der Waals surface area contributed by atoms with Gasteiger partial charge in [0.2, 0.25) is 0 Å². The summed E-state index contributed by atoms with van der Waals surface area (Å²) in [6.45, 7) is 3.98. The molecule has 2 N–H and O–H groups in total. The second-order valence-electron chi connectivity index (χ2n) is 6.40. The van der Waals surface area contributed by atoms with E-state index in [4.69, 9.17) is 9.15 Å². The van der Waals surface area contributed by atoms with E-state index in [0.29, 0.717) is 17.9 Å². The fraction of sp³-hybridized carbons (Fsp3) is 0.316. The number of urea groups is 1. The average Bonchev–Trinajstić information content (AvgIpc) is 3.01. The first-order chi connectivity index (χ1) is 12.9. The number of rotatable bonds is 5. The summed E-state index contributed by atoms with van der Waals surface area (Å²) in [6.07, 6.45) is 1.67. The molecule has 8 heteroatoms. The minimum absolute atomic E-state index is 0.313. The Bertz CT molecular complexity index is 1040. The summed E-state index contributed by atoms with van der Waals surface area (Å²) < 4.78 is 12.1. The lowest BCUT2D eigenvalue weighted by molar-refractivity contribution is 0.165. The molecule has 0 aliphatic rings. The van der Waals surface area contributed by atoms with E-state index in [1.165, 1.54) is 6.07 Å². The molecule has 0 fully saturated rings. The fourth-order valence-corrected chi connectivity index (χ4v) is 3.01. The summed E-state index contributed by atoms with van der Waals surface area (Å²) in [4.78, 5) is 24.1. The third-order valence-corrected chi connectivity index (χ3v) is 4.40. The van der Waals surface area contributed by atoms with Gasteiger partial charge in [0.15, 0.2) is 0 Å². The van der Waals surface area contributed by atoms with Crippen LogP contribution in [-0.2, 0) is 11.8 Å². The van der Waals surface area contributed by atoms with E-state index < -0.39 is 5.63 Å². The van der Waals surface area contributed by atoms with E-state index in [-0.39, 0.29) is 12.1 Å². The number of carbonyl (C=O) groups is 1. The van der Waals surface area contributed by atoms with Crippen molar-refractivity contribution >= 4 is 22.7 Å². The number of aromatic nitrogens is 2. The predicted octanol–water partition coefficient (Wildman–Crippen LogP) is 2.65. The van der Waals surface area contributed by atoms with Crippen molar-refractivity contribution in [3.63, 3.8) is 0 Å². The van der Waals surface area contributed by atoms with E-state index >= 15 is 0 Å². The minimum atomic E-state index is -0.392. The van der Waals surface area contributed by atoms with Crippen LogP contribution in [0.15, 0.2) is 39.7 Å². The van der Waals surface area contributed by atoms with Crippen LogP contribution in [0, 0.1) is 13.8 Å². The molecule has 1 atom stereocenters. The Morgan fingerprint density at radius 2 is 2.07 bits per heavy atom. The molecule has 2 amide bonds. The van der Waals surface area contributed by atoms with Gasteiger partial charge >= 0.3 is 11.7 Å². The van der Waals surface area contributed by atoms with Crippen LogP contribution in [0.1, 0.15) is 22.9 Å². The number of fused-ring (bicyclic) bond motifs is 1. The SMILES string of the molecule is COCC(NC(=O)Nc1cc2c(C)cc(=O)oc2cc1C)c1ccnn1C. The average molecular weight is 370 g/mol. The molecule has 0 radical (unpaired) electrons. The zero-order chi connectivity index (χ0) is 19.6. The smallest absolute Gasteiger partial charge is 0.336 e. The molecule has 0 spiro atoms. The van der Waals surface area contributed by atoms with E-state index in [0.717, 1.165) is 22.2 Å². The lowest BCUT2D eigenvalue weighted by atomic mass is 10.1. The molecule has 0 aliphatic heterocycles. The van der Waals surface area contributed by atoms with Crippen LogP contribution in [0.3, 0.4) is 0 Å². The van der Waals surface area contributed by atoms with Gasteiger partial charge < -0.3 is 19.8 Å². The molecule has 3 rings (SSSR count). The maximum Gasteiger partial charge on any atom is 0.336 e. The Morgan fingerprint density at radius 1 is 1.30 bits per heavy atom. The van der Waals surface area contributed by atoms with E-state index in [9.17, 15) is 9.59 Å². The summed E-state index contributed by atoms with van der Waals surface area (Å²) in [7, 11) is 3.38. The highest BCUT2D eigenvalue weighted by Crippen LogP contribution is 2.25. The standard InChI is InChI=1S/C19H22N4O4/c1-11-8-18(24)27-17-7-12(2)14(9-13(11)17)21-19(25)22-15(10-26-4)16-5-6-20-23(16)3/h5-9,15H,10H2,1-4H3,(H2,21,22,25). The Hall–Kier alpha value is -3.13. The highest BCUT2D eigenvalue weighted by Gasteiger charge is 2.18. The number of carbonyl (C=O) groups excluding carboxylic acids is 1. The number of amides is 2. The second-order valence-corrected chi connectivity index (χ2v) is 6.40.